The Bertz CT molecular complexity index is 729. The zero-order chi connectivity index (χ0) is 15.6. The highest BCUT2D eigenvalue weighted by atomic mass is 35.5. The lowest BCUT2D eigenvalue weighted by molar-refractivity contribution is 0.0698. The molecule has 0 aromatic heterocycles. The lowest BCUT2D eigenvalue weighted by Crippen LogP contribution is -2.15. The molecular formula is C14H10ClNO5. The minimum atomic E-state index is -1.26. The average Bonchev–Trinajstić information content (AvgIpc) is 2.43. The molecule has 0 fully saturated rings. The molecule has 7 heteroatoms. The first-order valence-corrected chi connectivity index (χ1v) is 6.13. The van der Waals surface area contributed by atoms with E-state index in [9.17, 15) is 19.8 Å². The Balaban J connectivity index is 2.41. The topological polar surface area (TPSA) is 107 Å². The highest BCUT2D eigenvalue weighted by molar-refractivity contribution is 6.35. The van der Waals surface area contributed by atoms with Gasteiger partial charge in [0.15, 0.2) is 11.5 Å². The predicted octanol–water partition coefficient (Wildman–Crippen LogP) is 2.70. The Morgan fingerprint density at radius 1 is 1.00 bits per heavy atom. The third-order valence-electron chi connectivity index (χ3n) is 2.74. The van der Waals surface area contributed by atoms with Crippen LogP contribution in [0.1, 0.15) is 20.7 Å². The number of halogens is 1. The maximum Gasteiger partial charge on any atom is 0.337 e. The summed E-state index contributed by atoms with van der Waals surface area (Å²) in [5.41, 5.74) is -0.471. The molecule has 0 saturated heterocycles. The summed E-state index contributed by atoms with van der Waals surface area (Å²) in [4.78, 5) is 23.2. The van der Waals surface area contributed by atoms with Crippen LogP contribution in [0.2, 0.25) is 5.02 Å². The smallest absolute Gasteiger partial charge is 0.337 e. The number of phenols is 2. The molecule has 2 aromatic carbocycles. The van der Waals surface area contributed by atoms with Gasteiger partial charge in [-0.25, -0.2) is 4.79 Å². The summed E-state index contributed by atoms with van der Waals surface area (Å²) in [6.45, 7) is 0. The predicted molar refractivity (Wildman–Crippen MR) is 76.1 cm³/mol. The molecule has 0 heterocycles. The second-order valence-electron chi connectivity index (χ2n) is 4.09. The molecule has 2 rings (SSSR count). The van der Waals surface area contributed by atoms with Crippen molar-refractivity contribution >= 4 is 29.2 Å². The summed E-state index contributed by atoms with van der Waals surface area (Å²) < 4.78 is 0. The van der Waals surface area contributed by atoms with Gasteiger partial charge in [0.25, 0.3) is 5.91 Å². The van der Waals surface area contributed by atoms with Crippen LogP contribution in [0.3, 0.4) is 0 Å². The van der Waals surface area contributed by atoms with Gasteiger partial charge >= 0.3 is 5.97 Å². The molecule has 4 N–H and O–H groups in total. The first-order valence-electron chi connectivity index (χ1n) is 5.76. The SMILES string of the molecule is O=C(Nc1c(Cl)cccc1C(=O)O)c1cccc(O)c1O. The summed E-state index contributed by atoms with van der Waals surface area (Å²) in [6, 6.07) is 8.01. The number of anilines is 1. The molecule has 0 aliphatic rings. The van der Waals surface area contributed by atoms with Crippen LogP contribution in [0.15, 0.2) is 36.4 Å². The lowest BCUT2D eigenvalue weighted by atomic mass is 10.1. The number of carbonyl (C=O) groups is 2. The fourth-order valence-electron chi connectivity index (χ4n) is 1.72. The molecular weight excluding hydrogens is 298 g/mol. The molecule has 0 bridgehead atoms. The summed E-state index contributed by atoms with van der Waals surface area (Å²) in [5.74, 6) is -3.11. The van der Waals surface area contributed by atoms with Gasteiger partial charge in [0.1, 0.15) is 0 Å². The minimum Gasteiger partial charge on any atom is -0.504 e. The van der Waals surface area contributed by atoms with Crippen LogP contribution in [0, 0.1) is 0 Å². The van der Waals surface area contributed by atoms with E-state index in [1.807, 2.05) is 0 Å². The molecule has 0 aliphatic heterocycles. The van der Waals surface area contributed by atoms with Crippen molar-refractivity contribution in [2.75, 3.05) is 5.32 Å². The van der Waals surface area contributed by atoms with Crippen LogP contribution < -0.4 is 5.32 Å². The van der Waals surface area contributed by atoms with Crippen LogP contribution in [0.5, 0.6) is 11.5 Å². The number of rotatable bonds is 3. The largest absolute Gasteiger partial charge is 0.504 e. The van der Waals surface area contributed by atoms with E-state index in [1.54, 1.807) is 0 Å². The number of carbonyl (C=O) groups excluding carboxylic acids is 1. The molecule has 0 saturated carbocycles. The summed E-state index contributed by atoms with van der Waals surface area (Å²) in [7, 11) is 0. The van der Waals surface area contributed by atoms with Gasteiger partial charge in [-0.3, -0.25) is 4.79 Å². The number of amides is 1. The molecule has 21 heavy (non-hydrogen) atoms. The number of carboxylic acids is 1. The lowest BCUT2D eigenvalue weighted by Gasteiger charge is -2.11. The number of aromatic hydroxyl groups is 2. The molecule has 0 unspecified atom stereocenters. The number of hydrogen-bond donors (Lipinski definition) is 4. The normalized spacial score (nSPS) is 10.1. The zero-order valence-electron chi connectivity index (χ0n) is 10.5. The second-order valence-corrected chi connectivity index (χ2v) is 4.50. The highest BCUT2D eigenvalue weighted by Crippen LogP contribution is 2.31. The first kappa shape index (κ1) is 14.7. The van der Waals surface area contributed by atoms with Gasteiger partial charge in [0.2, 0.25) is 0 Å². The third-order valence-corrected chi connectivity index (χ3v) is 3.06. The second kappa shape index (κ2) is 5.72. The summed E-state index contributed by atoms with van der Waals surface area (Å²) >= 11 is 5.89. The van der Waals surface area contributed by atoms with Crippen molar-refractivity contribution in [1.29, 1.82) is 0 Å². The van der Waals surface area contributed by atoms with Gasteiger partial charge in [0.05, 0.1) is 21.8 Å². The first-order chi connectivity index (χ1) is 9.91. The number of aromatic carboxylic acids is 1. The maximum atomic E-state index is 12.1. The van der Waals surface area contributed by atoms with Gasteiger partial charge < -0.3 is 20.6 Å². The van der Waals surface area contributed by atoms with E-state index in [0.717, 1.165) is 0 Å². The number of hydrogen-bond acceptors (Lipinski definition) is 4. The number of nitrogens with one attached hydrogen (secondary N) is 1. The van der Waals surface area contributed by atoms with Crippen molar-refractivity contribution in [3.8, 4) is 11.5 Å². The fourth-order valence-corrected chi connectivity index (χ4v) is 1.95. The van der Waals surface area contributed by atoms with Crippen LogP contribution in [0.25, 0.3) is 0 Å². The van der Waals surface area contributed by atoms with Crippen LogP contribution in [-0.2, 0) is 0 Å². The molecule has 1 amide bonds. The molecule has 108 valence electrons. The monoisotopic (exact) mass is 307 g/mol. The minimum absolute atomic E-state index is 0.0443. The fraction of sp³-hybridized carbons (Fsp3) is 0. The maximum absolute atomic E-state index is 12.1. The van der Waals surface area contributed by atoms with E-state index in [0.29, 0.717) is 0 Å². The Hall–Kier alpha value is -2.73. The Morgan fingerprint density at radius 3 is 2.29 bits per heavy atom. The molecule has 0 atom stereocenters. The van der Waals surface area contributed by atoms with Crippen molar-refractivity contribution in [2.45, 2.75) is 0 Å². The van der Waals surface area contributed by atoms with E-state index in [2.05, 4.69) is 5.32 Å². The third kappa shape index (κ3) is 2.90. The highest BCUT2D eigenvalue weighted by Gasteiger charge is 2.19. The van der Waals surface area contributed by atoms with Crippen molar-refractivity contribution < 1.29 is 24.9 Å². The zero-order valence-corrected chi connectivity index (χ0v) is 11.3. The van der Waals surface area contributed by atoms with Crippen LogP contribution in [-0.4, -0.2) is 27.2 Å². The molecule has 2 aromatic rings. The van der Waals surface area contributed by atoms with Crippen molar-refractivity contribution in [3.05, 3.63) is 52.5 Å². The van der Waals surface area contributed by atoms with Gasteiger partial charge in [0, 0.05) is 0 Å². The molecule has 6 nitrogen and oxygen atoms in total. The van der Waals surface area contributed by atoms with E-state index in [-0.39, 0.29) is 21.8 Å². The number of carboxylic acid groups (broad SMARTS) is 1. The quantitative estimate of drug-likeness (QED) is 0.652. The Morgan fingerprint density at radius 2 is 1.62 bits per heavy atom. The van der Waals surface area contributed by atoms with E-state index in [1.165, 1.54) is 36.4 Å². The standard InChI is InChI=1S/C14H10ClNO5/c15-9-5-1-3-7(14(20)21)11(9)16-13(19)8-4-2-6-10(17)12(8)18/h1-6,17-18H,(H,16,19)(H,20,21). The molecule has 0 spiro atoms. The van der Waals surface area contributed by atoms with Crippen molar-refractivity contribution in [2.24, 2.45) is 0 Å². The Labute approximate surface area is 124 Å². The molecule has 0 aliphatic carbocycles. The van der Waals surface area contributed by atoms with E-state index >= 15 is 0 Å². The van der Waals surface area contributed by atoms with Crippen LogP contribution in [0.4, 0.5) is 5.69 Å². The van der Waals surface area contributed by atoms with Gasteiger partial charge in [-0.1, -0.05) is 23.7 Å². The summed E-state index contributed by atoms with van der Waals surface area (Å²) in [5, 5.41) is 30.4. The van der Waals surface area contributed by atoms with Gasteiger partial charge in [-0.15, -0.1) is 0 Å². The van der Waals surface area contributed by atoms with E-state index in [4.69, 9.17) is 16.7 Å². The average molecular weight is 308 g/mol. The number of para-hydroxylation sites is 2. The number of phenolic OH excluding ortho intramolecular Hbond substituents is 2. The Kier molecular flexibility index (Phi) is 4.00. The summed E-state index contributed by atoms with van der Waals surface area (Å²) in [6.07, 6.45) is 0. The van der Waals surface area contributed by atoms with Crippen LogP contribution >= 0.6 is 11.6 Å². The van der Waals surface area contributed by atoms with Gasteiger partial charge in [-0.05, 0) is 24.3 Å². The van der Waals surface area contributed by atoms with E-state index < -0.39 is 23.4 Å². The van der Waals surface area contributed by atoms with Crippen molar-refractivity contribution in [1.82, 2.24) is 0 Å². The molecule has 0 radical (unpaired) electrons. The van der Waals surface area contributed by atoms with Crippen molar-refractivity contribution in [3.63, 3.8) is 0 Å². The number of benzene rings is 2. The van der Waals surface area contributed by atoms with Gasteiger partial charge in [-0.2, -0.15) is 0 Å².